The summed E-state index contributed by atoms with van der Waals surface area (Å²) in [6.45, 7) is 0.600. The van der Waals surface area contributed by atoms with Gasteiger partial charge >= 0.3 is 0 Å². The van der Waals surface area contributed by atoms with E-state index in [1.54, 1.807) is 18.2 Å². The molecule has 1 aromatic carbocycles. The van der Waals surface area contributed by atoms with E-state index >= 15 is 0 Å². The van der Waals surface area contributed by atoms with E-state index in [-0.39, 0.29) is 12.3 Å². The first-order chi connectivity index (χ1) is 9.11. The summed E-state index contributed by atoms with van der Waals surface area (Å²) in [7, 11) is 0. The van der Waals surface area contributed by atoms with Crippen molar-refractivity contribution >= 4 is 5.69 Å². The largest absolute Gasteiger partial charge is 0.374 e. The molecule has 0 unspecified atom stereocenters. The molecule has 1 aromatic rings. The minimum absolute atomic E-state index is 0.0956. The Kier molecular flexibility index (Phi) is 6.91. The first-order valence-corrected chi connectivity index (χ1v) is 5.90. The van der Waals surface area contributed by atoms with Crippen molar-refractivity contribution in [2.45, 2.75) is 12.8 Å². The highest BCUT2D eigenvalue weighted by atomic mass is 19.3. The lowest BCUT2D eigenvalue weighted by molar-refractivity contribution is -0.385. The smallest absolute Gasteiger partial charge is 0.272 e. The summed E-state index contributed by atoms with van der Waals surface area (Å²) in [6, 6.07) is 6.52. The van der Waals surface area contributed by atoms with Gasteiger partial charge in [0.2, 0.25) is 0 Å². The zero-order valence-electron chi connectivity index (χ0n) is 10.4. The molecule has 0 bridgehead atoms. The highest BCUT2D eigenvalue weighted by molar-refractivity contribution is 5.39. The van der Waals surface area contributed by atoms with E-state index in [2.05, 4.69) is 10.1 Å². The fourth-order valence-corrected chi connectivity index (χ4v) is 1.57. The van der Waals surface area contributed by atoms with Crippen LogP contribution in [0, 0.1) is 10.1 Å². The number of nitrogens with zero attached hydrogens (tertiary/aromatic N) is 1. The normalized spacial score (nSPS) is 10.9. The second-order valence-electron chi connectivity index (χ2n) is 3.85. The number of nitrogens with one attached hydrogen (secondary N) is 1. The summed E-state index contributed by atoms with van der Waals surface area (Å²) >= 11 is 0. The minimum atomic E-state index is -2.45. The SMILES string of the molecule is O=[N+]([O-])c1ccccc1CCNCCOCC(F)F. The molecule has 0 saturated heterocycles. The number of para-hydroxylation sites is 1. The number of rotatable bonds is 9. The van der Waals surface area contributed by atoms with Crippen LogP contribution in [0.2, 0.25) is 0 Å². The number of ether oxygens (including phenoxy) is 1. The lowest BCUT2D eigenvalue weighted by atomic mass is 10.1. The summed E-state index contributed by atoms with van der Waals surface area (Å²) < 4.78 is 28.2. The van der Waals surface area contributed by atoms with Crippen LogP contribution < -0.4 is 5.32 Å². The van der Waals surface area contributed by atoms with E-state index in [1.807, 2.05) is 0 Å². The highest BCUT2D eigenvalue weighted by Gasteiger charge is 2.11. The minimum Gasteiger partial charge on any atom is -0.374 e. The second kappa shape index (κ2) is 8.49. The van der Waals surface area contributed by atoms with E-state index in [1.165, 1.54) is 6.07 Å². The number of alkyl halides is 2. The van der Waals surface area contributed by atoms with Crippen LogP contribution in [0.3, 0.4) is 0 Å². The van der Waals surface area contributed by atoms with Crippen molar-refractivity contribution in [2.75, 3.05) is 26.3 Å². The van der Waals surface area contributed by atoms with Gasteiger partial charge in [-0.1, -0.05) is 18.2 Å². The summed E-state index contributed by atoms with van der Waals surface area (Å²) in [4.78, 5) is 10.3. The van der Waals surface area contributed by atoms with Gasteiger partial charge in [-0.3, -0.25) is 10.1 Å². The monoisotopic (exact) mass is 274 g/mol. The summed E-state index contributed by atoms with van der Waals surface area (Å²) in [5.74, 6) is 0. The molecule has 0 fully saturated rings. The third kappa shape index (κ3) is 6.21. The van der Waals surface area contributed by atoms with Crippen molar-refractivity contribution in [2.24, 2.45) is 0 Å². The molecule has 0 spiro atoms. The van der Waals surface area contributed by atoms with Gasteiger partial charge in [0.1, 0.15) is 6.61 Å². The molecule has 0 saturated carbocycles. The van der Waals surface area contributed by atoms with Crippen LogP contribution in [0.15, 0.2) is 24.3 Å². The first-order valence-electron chi connectivity index (χ1n) is 5.90. The van der Waals surface area contributed by atoms with Crippen LogP contribution >= 0.6 is 0 Å². The van der Waals surface area contributed by atoms with Crippen LogP contribution in [-0.4, -0.2) is 37.7 Å². The molecule has 0 atom stereocenters. The van der Waals surface area contributed by atoms with Crippen molar-refractivity contribution in [3.05, 3.63) is 39.9 Å². The molecular formula is C12H16F2N2O3. The number of hydrogen-bond acceptors (Lipinski definition) is 4. The number of halogens is 2. The number of benzene rings is 1. The zero-order valence-corrected chi connectivity index (χ0v) is 10.4. The molecule has 106 valence electrons. The molecule has 1 rings (SSSR count). The number of nitro benzene ring substituents is 1. The summed E-state index contributed by atoms with van der Waals surface area (Å²) in [5.41, 5.74) is 0.742. The third-order valence-corrected chi connectivity index (χ3v) is 2.43. The first kappa shape index (κ1) is 15.5. The van der Waals surface area contributed by atoms with Gasteiger partial charge in [-0.25, -0.2) is 8.78 Å². The molecule has 0 aromatic heterocycles. The van der Waals surface area contributed by atoms with E-state index in [9.17, 15) is 18.9 Å². The predicted octanol–water partition coefficient (Wildman–Crippen LogP) is 2.01. The average Bonchev–Trinajstić information content (AvgIpc) is 2.37. The zero-order chi connectivity index (χ0) is 14.1. The summed E-state index contributed by atoms with van der Waals surface area (Å²) in [6.07, 6.45) is -1.95. The van der Waals surface area contributed by atoms with Gasteiger partial charge in [0.05, 0.1) is 11.5 Å². The van der Waals surface area contributed by atoms with Gasteiger partial charge in [-0.05, 0) is 13.0 Å². The van der Waals surface area contributed by atoms with E-state index in [0.717, 1.165) is 0 Å². The van der Waals surface area contributed by atoms with Crippen LogP contribution in [-0.2, 0) is 11.2 Å². The van der Waals surface area contributed by atoms with Gasteiger partial charge < -0.3 is 10.1 Å². The van der Waals surface area contributed by atoms with Crippen molar-refractivity contribution < 1.29 is 18.4 Å². The Bertz CT molecular complexity index is 402. The molecule has 0 radical (unpaired) electrons. The highest BCUT2D eigenvalue weighted by Crippen LogP contribution is 2.17. The van der Waals surface area contributed by atoms with Crippen molar-refractivity contribution in [1.82, 2.24) is 5.32 Å². The Morgan fingerprint density at radius 1 is 1.32 bits per heavy atom. The Labute approximate surface area is 109 Å². The molecule has 0 aliphatic rings. The van der Waals surface area contributed by atoms with Gasteiger partial charge in [0, 0.05) is 18.2 Å². The number of nitro groups is 1. The van der Waals surface area contributed by atoms with Gasteiger partial charge in [0.15, 0.2) is 0 Å². The predicted molar refractivity (Wildman–Crippen MR) is 66.5 cm³/mol. The molecule has 0 aliphatic carbocycles. The lowest BCUT2D eigenvalue weighted by Crippen LogP contribution is -2.23. The maximum atomic E-state index is 11.7. The quantitative estimate of drug-likeness (QED) is 0.425. The van der Waals surface area contributed by atoms with Gasteiger partial charge in [0.25, 0.3) is 12.1 Å². The van der Waals surface area contributed by atoms with E-state index in [0.29, 0.717) is 25.1 Å². The topological polar surface area (TPSA) is 64.4 Å². The molecule has 7 heteroatoms. The van der Waals surface area contributed by atoms with Crippen LogP contribution in [0.5, 0.6) is 0 Å². The molecule has 0 aliphatic heterocycles. The van der Waals surface area contributed by atoms with Crippen molar-refractivity contribution in [1.29, 1.82) is 0 Å². The third-order valence-electron chi connectivity index (χ3n) is 2.43. The average molecular weight is 274 g/mol. The standard InChI is InChI=1S/C12H16F2N2O3/c13-12(14)9-19-8-7-15-6-5-10-3-1-2-4-11(10)16(17)18/h1-4,12,15H,5-9H2. The fraction of sp³-hybridized carbons (Fsp3) is 0.500. The van der Waals surface area contributed by atoms with Gasteiger partial charge in [-0.15, -0.1) is 0 Å². The summed E-state index contributed by atoms with van der Waals surface area (Å²) in [5, 5.41) is 13.7. The Morgan fingerprint density at radius 3 is 2.74 bits per heavy atom. The van der Waals surface area contributed by atoms with E-state index in [4.69, 9.17) is 0 Å². The van der Waals surface area contributed by atoms with Crippen molar-refractivity contribution in [3.63, 3.8) is 0 Å². The Morgan fingerprint density at radius 2 is 2.05 bits per heavy atom. The molecular weight excluding hydrogens is 258 g/mol. The molecule has 1 N–H and O–H groups in total. The number of hydrogen-bond donors (Lipinski definition) is 1. The molecule has 19 heavy (non-hydrogen) atoms. The maximum absolute atomic E-state index is 11.7. The van der Waals surface area contributed by atoms with Crippen LogP contribution in [0.1, 0.15) is 5.56 Å². The second-order valence-corrected chi connectivity index (χ2v) is 3.85. The molecule has 0 heterocycles. The Hall–Kier alpha value is -1.60. The lowest BCUT2D eigenvalue weighted by Gasteiger charge is -2.06. The fourth-order valence-electron chi connectivity index (χ4n) is 1.57. The maximum Gasteiger partial charge on any atom is 0.272 e. The van der Waals surface area contributed by atoms with Gasteiger partial charge in [-0.2, -0.15) is 0 Å². The van der Waals surface area contributed by atoms with Crippen LogP contribution in [0.25, 0.3) is 0 Å². The van der Waals surface area contributed by atoms with Crippen molar-refractivity contribution in [3.8, 4) is 0 Å². The Balaban J connectivity index is 2.21. The van der Waals surface area contributed by atoms with Crippen LogP contribution in [0.4, 0.5) is 14.5 Å². The molecule has 5 nitrogen and oxygen atoms in total. The van der Waals surface area contributed by atoms with E-state index < -0.39 is 18.0 Å². The molecule has 0 amide bonds.